The third-order valence-electron chi connectivity index (χ3n) is 6.15. The number of rotatable bonds is 4. The highest BCUT2D eigenvalue weighted by Gasteiger charge is 2.53. The van der Waals surface area contributed by atoms with Crippen molar-refractivity contribution in [1.29, 1.82) is 0 Å². The van der Waals surface area contributed by atoms with E-state index in [1.165, 1.54) is 30.6 Å². The van der Waals surface area contributed by atoms with Crippen LogP contribution in [0.15, 0.2) is 49.3 Å². The van der Waals surface area contributed by atoms with Gasteiger partial charge >= 0.3 is 0 Å². The highest BCUT2D eigenvalue weighted by Crippen LogP contribution is 2.50. The maximum Gasteiger partial charge on any atom is 0.247 e. The van der Waals surface area contributed by atoms with Gasteiger partial charge in [-0.2, -0.15) is 0 Å². The number of benzene rings is 2. The standard InChI is InChI=1S/C25H21ClFN5O/c1-3-24(33)30-21-10-17-22(8-14(21)4-6-16-18-11-32(2)12-19(16)18)28-13-29-25(17)31-23-9-15(26)5-7-20(23)27/h3,5,7-10,13,16,18-19H,1,11-12H2,2H3,(H,30,33)(H,28,29,31)/t16?,18-,19+. The molecule has 3 atom stereocenters. The molecule has 6 nitrogen and oxygen atoms in total. The summed E-state index contributed by atoms with van der Waals surface area (Å²) < 4.78 is 14.3. The first-order chi connectivity index (χ1) is 15.9. The summed E-state index contributed by atoms with van der Waals surface area (Å²) in [5, 5.41) is 6.79. The van der Waals surface area contributed by atoms with Crippen LogP contribution in [0, 0.1) is 35.4 Å². The second-order valence-corrected chi connectivity index (χ2v) is 8.86. The van der Waals surface area contributed by atoms with E-state index in [1.54, 1.807) is 6.07 Å². The number of hydrogen-bond acceptors (Lipinski definition) is 5. The molecule has 1 saturated heterocycles. The molecule has 0 bridgehead atoms. The van der Waals surface area contributed by atoms with E-state index in [0.717, 1.165) is 13.1 Å². The van der Waals surface area contributed by atoms with Gasteiger partial charge < -0.3 is 15.5 Å². The van der Waals surface area contributed by atoms with Crippen molar-refractivity contribution >= 4 is 45.6 Å². The van der Waals surface area contributed by atoms with Crippen LogP contribution >= 0.6 is 11.6 Å². The average Bonchev–Trinajstić information content (AvgIpc) is 3.26. The van der Waals surface area contributed by atoms with Gasteiger partial charge in [0.15, 0.2) is 0 Å². The fraction of sp³-hybridized carbons (Fsp3) is 0.240. The zero-order chi connectivity index (χ0) is 23.1. The Labute approximate surface area is 195 Å². The number of anilines is 3. The number of carbonyl (C=O) groups is 1. The molecule has 2 heterocycles. The van der Waals surface area contributed by atoms with E-state index in [1.807, 2.05) is 6.07 Å². The summed E-state index contributed by atoms with van der Waals surface area (Å²) in [7, 11) is 2.13. The SMILES string of the molecule is C=CC(=O)Nc1cc2c(Nc3cc(Cl)ccc3F)ncnc2cc1C#CC1[C@H]2CN(C)C[C@@H]12. The molecule has 1 saturated carbocycles. The molecule has 2 fully saturated rings. The van der Waals surface area contributed by atoms with Gasteiger partial charge in [-0.25, -0.2) is 14.4 Å². The molecule has 33 heavy (non-hydrogen) atoms. The van der Waals surface area contributed by atoms with Crippen LogP contribution in [-0.4, -0.2) is 40.9 Å². The number of carbonyl (C=O) groups excluding carboxylic acids is 1. The number of amides is 1. The van der Waals surface area contributed by atoms with Crippen LogP contribution in [0.1, 0.15) is 5.56 Å². The Morgan fingerprint density at radius 1 is 1.24 bits per heavy atom. The minimum Gasteiger partial charge on any atom is -0.337 e. The number of fused-ring (bicyclic) bond motifs is 2. The Hall–Kier alpha value is -3.47. The quantitative estimate of drug-likeness (QED) is 0.444. The second kappa shape index (κ2) is 8.47. The van der Waals surface area contributed by atoms with Crippen molar-refractivity contribution in [2.45, 2.75) is 0 Å². The molecule has 1 aliphatic carbocycles. The van der Waals surface area contributed by atoms with Gasteiger partial charge in [-0.15, -0.1) is 0 Å². The van der Waals surface area contributed by atoms with Gasteiger partial charge in [-0.1, -0.05) is 30.0 Å². The first kappa shape index (κ1) is 21.4. The average molecular weight is 462 g/mol. The molecule has 2 aliphatic rings. The Morgan fingerprint density at radius 2 is 2.03 bits per heavy atom. The lowest BCUT2D eigenvalue weighted by Gasteiger charge is -2.12. The van der Waals surface area contributed by atoms with Gasteiger partial charge in [0.25, 0.3) is 0 Å². The lowest BCUT2D eigenvalue weighted by molar-refractivity contribution is -0.111. The molecule has 1 unspecified atom stereocenters. The zero-order valence-electron chi connectivity index (χ0n) is 17.9. The molecule has 2 aromatic carbocycles. The van der Waals surface area contributed by atoms with Gasteiger partial charge in [-0.3, -0.25) is 4.79 Å². The van der Waals surface area contributed by atoms with Crippen molar-refractivity contribution in [3.63, 3.8) is 0 Å². The minimum absolute atomic E-state index is 0.188. The monoisotopic (exact) mass is 461 g/mol. The van der Waals surface area contributed by atoms with Crippen LogP contribution in [0.3, 0.4) is 0 Å². The number of nitrogens with one attached hydrogen (secondary N) is 2. The number of halogens is 2. The third-order valence-corrected chi connectivity index (χ3v) is 6.38. The summed E-state index contributed by atoms with van der Waals surface area (Å²) in [5.74, 6) is 7.83. The van der Waals surface area contributed by atoms with Crippen molar-refractivity contribution in [3.8, 4) is 11.8 Å². The Balaban J connectivity index is 1.53. The minimum atomic E-state index is -0.463. The van der Waals surface area contributed by atoms with E-state index in [-0.39, 0.29) is 11.6 Å². The smallest absolute Gasteiger partial charge is 0.247 e. The van der Waals surface area contributed by atoms with E-state index in [4.69, 9.17) is 11.6 Å². The van der Waals surface area contributed by atoms with Gasteiger partial charge in [0, 0.05) is 29.4 Å². The molecule has 0 radical (unpaired) electrons. The number of likely N-dealkylation sites (tertiary alicyclic amines) is 1. The fourth-order valence-electron chi connectivity index (χ4n) is 4.43. The Kier molecular flexibility index (Phi) is 5.49. The molecule has 0 spiro atoms. The first-order valence-electron chi connectivity index (χ1n) is 10.6. The predicted octanol–water partition coefficient (Wildman–Crippen LogP) is 4.45. The van der Waals surface area contributed by atoms with E-state index in [2.05, 4.69) is 51.0 Å². The highest BCUT2D eigenvalue weighted by atomic mass is 35.5. The molecule has 5 rings (SSSR count). The second-order valence-electron chi connectivity index (χ2n) is 8.42. The largest absolute Gasteiger partial charge is 0.337 e. The van der Waals surface area contributed by atoms with Crippen LogP contribution < -0.4 is 10.6 Å². The van der Waals surface area contributed by atoms with Crippen molar-refractivity contribution in [1.82, 2.24) is 14.9 Å². The van der Waals surface area contributed by atoms with E-state index < -0.39 is 5.82 Å². The van der Waals surface area contributed by atoms with E-state index >= 15 is 0 Å². The molecular formula is C25H21ClFN5O. The molecular weight excluding hydrogens is 441 g/mol. The normalized spacial score (nSPS) is 21.1. The third kappa shape index (κ3) is 4.28. The highest BCUT2D eigenvalue weighted by molar-refractivity contribution is 6.30. The summed E-state index contributed by atoms with van der Waals surface area (Å²) >= 11 is 6.01. The van der Waals surface area contributed by atoms with Crippen molar-refractivity contribution in [2.75, 3.05) is 30.8 Å². The number of hydrogen-bond donors (Lipinski definition) is 2. The number of piperidine rings is 1. The molecule has 3 aromatic rings. The molecule has 166 valence electrons. The lowest BCUT2D eigenvalue weighted by Crippen LogP contribution is -2.18. The molecule has 1 aromatic heterocycles. The molecule has 2 N–H and O–H groups in total. The molecule has 1 amide bonds. The van der Waals surface area contributed by atoms with E-state index in [0.29, 0.717) is 50.7 Å². The lowest BCUT2D eigenvalue weighted by atomic mass is 10.1. The van der Waals surface area contributed by atoms with Crippen LogP contribution in [0.25, 0.3) is 10.9 Å². The van der Waals surface area contributed by atoms with Crippen molar-refractivity contribution in [3.05, 3.63) is 65.7 Å². The Bertz CT molecular complexity index is 1340. The van der Waals surface area contributed by atoms with Crippen LogP contribution in [0.2, 0.25) is 5.02 Å². The van der Waals surface area contributed by atoms with Crippen LogP contribution in [0.4, 0.5) is 21.6 Å². The summed E-state index contributed by atoms with van der Waals surface area (Å²) in [6, 6.07) is 7.79. The van der Waals surface area contributed by atoms with Crippen LogP contribution in [0.5, 0.6) is 0 Å². The van der Waals surface area contributed by atoms with Crippen molar-refractivity contribution < 1.29 is 9.18 Å². The van der Waals surface area contributed by atoms with E-state index in [9.17, 15) is 9.18 Å². The molecule has 8 heteroatoms. The van der Waals surface area contributed by atoms with Crippen molar-refractivity contribution in [2.24, 2.45) is 17.8 Å². The fourth-order valence-corrected chi connectivity index (χ4v) is 4.60. The van der Waals surface area contributed by atoms with Gasteiger partial charge in [0.1, 0.15) is 18.0 Å². The number of nitrogens with zero attached hydrogens (tertiary/aromatic N) is 3. The topological polar surface area (TPSA) is 70.1 Å². The Morgan fingerprint density at radius 3 is 2.79 bits per heavy atom. The van der Waals surface area contributed by atoms with Gasteiger partial charge in [0.05, 0.1) is 22.5 Å². The predicted molar refractivity (Wildman–Crippen MR) is 128 cm³/mol. The first-order valence-corrected chi connectivity index (χ1v) is 10.9. The maximum atomic E-state index is 14.3. The zero-order valence-corrected chi connectivity index (χ0v) is 18.7. The van der Waals surface area contributed by atoms with Gasteiger partial charge in [0.2, 0.25) is 5.91 Å². The summed E-state index contributed by atoms with van der Waals surface area (Å²) in [6.07, 6.45) is 2.60. The maximum absolute atomic E-state index is 14.3. The number of aromatic nitrogens is 2. The van der Waals surface area contributed by atoms with Gasteiger partial charge in [-0.05, 0) is 55.3 Å². The molecule has 1 aliphatic heterocycles. The summed E-state index contributed by atoms with van der Waals surface area (Å²) in [4.78, 5) is 23.0. The van der Waals surface area contributed by atoms with Crippen LogP contribution in [-0.2, 0) is 4.79 Å². The summed E-state index contributed by atoms with van der Waals surface area (Å²) in [6.45, 7) is 5.67. The summed E-state index contributed by atoms with van der Waals surface area (Å²) in [5.41, 5.74) is 1.99.